The van der Waals surface area contributed by atoms with Crippen molar-refractivity contribution in [2.45, 2.75) is 77.4 Å². The first kappa shape index (κ1) is 15.2. The smallest absolute Gasteiger partial charge is 0.0723 e. The molecule has 0 aromatic rings. The zero-order valence-electron chi connectivity index (χ0n) is 14.2. The highest BCUT2D eigenvalue weighted by molar-refractivity contribution is 5.21. The van der Waals surface area contributed by atoms with Crippen molar-refractivity contribution in [3.63, 3.8) is 0 Å². The topological polar surface area (TPSA) is 40.5 Å². The van der Waals surface area contributed by atoms with Gasteiger partial charge >= 0.3 is 0 Å². The highest BCUT2D eigenvalue weighted by atomic mass is 16.3. The van der Waals surface area contributed by atoms with E-state index in [9.17, 15) is 10.2 Å². The standard InChI is InChI=1S/C20H32O2/c1-3-12-10-13-11-14(21)4-5-15(13)16-8-9-20(2)17(19(12)16)6-7-18(20)22/h11-12,14-19,21-22H,3-10H2,1-2H3/t12-,14-,15+,16-,17+,18+,19-,20+/m1/s1. The summed E-state index contributed by atoms with van der Waals surface area (Å²) in [6, 6.07) is 0. The van der Waals surface area contributed by atoms with E-state index in [4.69, 9.17) is 0 Å². The lowest BCUT2D eigenvalue weighted by molar-refractivity contribution is -0.0758. The van der Waals surface area contributed by atoms with E-state index in [1.165, 1.54) is 38.5 Å². The number of hydrogen-bond donors (Lipinski definition) is 2. The van der Waals surface area contributed by atoms with Gasteiger partial charge in [0, 0.05) is 0 Å². The molecule has 2 nitrogen and oxygen atoms in total. The van der Waals surface area contributed by atoms with Crippen LogP contribution in [0.4, 0.5) is 0 Å². The molecular formula is C20H32O2. The van der Waals surface area contributed by atoms with Gasteiger partial charge in [0.05, 0.1) is 12.2 Å². The third kappa shape index (κ3) is 2.06. The second-order valence-electron chi connectivity index (χ2n) is 8.85. The first-order valence-corrected chi connectivity index (χ1v) is 9.61. The molecule has 0 unspecified atom stereocenters. The number of hydrogen-bond acceptors (Lipinski definition) is 2. The van der Waals surface area contributed by atoms with Crippen molar-refractivity contribution in [3.8, 4) is 0 Å². The van der Waals surface area contributed by atoms with E-state index in [1.54, 1.807) is 5.57 Å². The number of aliphatic hydroxyl groups excluding tert-OH is 2. The van der Waals surface area contributed by atoms with Crippen LogP contribution in [0.1, 0.15) is 65.2 Å². The molecule has 0 aromatic heterocycles. The van der Waals surface area contributed by atoms with E-state index >= 15 is 0 Å². The number of fused-ring (bicyclic) bond motifs is 5. The predicted molar refractivity (Wildman–Crippen MR) is 88.3 cm³/mol. The molecule has 0 radical (unpaired) electrons. The van der Waals surface area contributed by atoms with Crippen molar-refractivity contribution in [2.75, 3.05) is 0 Å². The van der Waals surface area contributed by atoms with E-state index < -0.39 is 0 Å². The molecule has 8 atom stereocenters. The molecule has 4 rings (SSSR count). The van der Waals surface area contributed by atoms with Crippen LogP contribution < -0.4 is 0 Å². The van der Waals surface area contributed by atoms with Gasteiger partial charge in [-0.3, -0.25) is 0 Å². The summed E-state index contributed by atoms with van der Waals surface area (Å²) in [6.45, 7) is 4.72. The summed E-state index contributed by atoms with van der Waals surface area (Å²) in [4.78, 5) is 0. The minimum atomic E-state index is -0.192. The van der Waals surface area contributed by atoms with Gasteiger partial charge in [0.1, 0.15) is 0 Å². The SMILES string of the molecule is CC[C@@H]1CC2=C[C@H](O)CC[C@@H]2[C@H]2CC[C@]3(C)[C@@H](O)CC[C@H]3[C@H]12. The fourth-order valence-corrected chi connectivity index (χ4v) is 6.90. The maximum Gasteiger partial charge on any atom is 0.0723 e. The molecule has 0 amide bonds. The van der Waals surface area contributed by atoms with Gasteiger partial charge in [0.15, 0.2) is 0 Å². The second-order valence-corrected chi connectivity index (χ2v) is 8.85. The molecule has 0 saturated heterocycles. The van der Waals surface area contributed by atoms with E-state index in [-0.39, 0.29) is 17.6 Å². The van der Waals surface area contributed by atoms with Crippen LogP contribution in [0.2, 0.25) is 0 Å². The molecule has 4 aliphatic rings. The lowest BCUT2D eigenvalue weighted by Crippen LogP contribution is -2.50. The Balaban J connectivity index is 1.68. The van der Waals surface area contributed by atoms with Crippen molar-refractivity contribution >= 4 is 0 Å². The molecule has 0 heterocycles. The molecule has 0 bridgehead atoms. The molecule has 0 aliphatic heterocycles. The average molecular weight is 304 g/mol. The predicted octanol–water partition coefficient (Wildman–Crippen LogP) is 3.92. The lowest BCUT2D eigenvalue weighted by atomic mass is 9.49. The monoisotopic (exact) mass is 304 g/mol. The molecule has 3 saturated carbocycles. The van der Waals surface area contributed by atoms with Crippen LogP contribution in [-0.2, 0) is 0 Å². The normalized spacial score (nSPS) is 54.2. The Bertz CT molecular complexity index is 470. The molecular weight excluding hydrogens is 272 g/mol. The zero-order chi connectivity index (χ0) is 15.5. The lowest BCUT2D eigenvalue weighted by Gasteiger charge is -2.56. The van der Waals surface area contributed by atoms with Gasteiger partial charge in [0.2, 0.25) is 0 Å². The first-order valence-electron chi connectivity index (χ1n) is 9.61. The summed E-state index contributed by atoms with van der Waals surface area (Å²) in [7, 11) is 0. The van der Waals surface area contributed by atoms with Crippen LogP contribution in [0.15, 0.2) is 11.6 Å². The largest absolute Gasteiger partial charge is 0.393 e. The van der Waals surface area contributed by atoms with Crippen LogP contribution in [0.5, 0.6) is 0 Å². The van der Waals surface area contributed by atoms with E-state index in [1.807, 2.05) is 0 Å². The summed E-state index contributed by atoms with van der Waals surface area (Å²) >= 11 is 0. The van der Waals surface area contributed by atoms with Crippen molar-refractivity contribution in [1.29, 1.82) is 0 Å². The Morgan fingerprint density at radius 3 is 2.73 bits per heavy atom. The van der Waals surface area contributed by atoms with Gasteiger partial charge < -0.3 is 10.2 Å². The molecule has 2 N–H and O–H groups in total. The quantitative estimate of drug-likeness (QED) is 0.721. The first-order chi connectivity index (χ1) is 10.5. The van der Waals surface area contributed by atoms with Crippen LogP contribution >= 0.6 is 0 Å². The summed E-state index contributed by atoms with van der Waals surface area (Å²) in [5.41, 5.74) is 1.76. The van der Waals surface area contributed by atoms with Crippen LogP contribution in [0.25, 0.3) is 0 Å². The fraction of sp³-hybridized carbons (Fsp3) is 0.900. The Morgan fingerprint density at radius 2 is 1.95 bits per heavy atom. The van der Waals surface area contributed by atoms with Crippen molar-refractivity contribution in [3.05, 3.63) is 11.6 Å². The third-order valence-electron chi connectivity index (χ3n) is 8.07. The molecule has 2 heteroatoms. The molecule has 0 spiro atoms. The summed E-state index contributed by atoms with van der Waals surface area (Å²) < 4.78 is 0. The molecule has 3 fully saturated rings. The van der Waals surface area contributed by atoms with Gasteiger partial charge in [0.25, 0.3) is 0 Å². The molecule has 4 aliphatic carbocycles. The Hall–Kier alpha value is -0.340. The minimum absolute atomic E-state index is 0.0685. The fourth-order valence-electron chi connectivity index (χ4n) is 6.90. The van der Waals surface area contributed by atoms with Crippen LogP contribution in [0, 0.1) is 35.0 Å². The second kappa shape index (κ2) is 5.34. The third-order valence-corrected chi connectivity index (χ3v) is 8.07. The van der Waals surface area contributed by atoms with Crippen molar-refractivity contribution < 1.29 is 10.2 Å². The summed E-state index contributed by atoms with van der Waals surface area (Å²) in [6.07, 6.45) is 11.3. The number of allylic oxidation sites excluding steroid dienone is 1. The van der Waals surface area contributed by atoms with Crippen LogP contribution in [-0.4, -0.2) is 22.4 Å². The van der Waals surface area contributed by atoms with Crippen LogP contribution in [0.3, 0.4) is 0 Å². The van der Waals surface area contributed by atoms with E-state index in [2.05, 4.69) is 19.9 Å². The molecule has 22 heavy (non-hydrogen) atoms. The maximum atomic E-state index is 10.6. The highest BCUT2D eigenvalue weighted by Crippen LogP contribution is 2.63. The van der Waals surface area contributed by atoms with Gasteiger partial charge in [-0.1, -0.05) is 31.9 Å². The Morgan fingerprint density at radius 1 is 1.14 bits per heavy atom. The number of aliphatic hydroxyl groups is 2. The van der Waals surface area contributed by atoms with Gasteiger partial charge in [-0.2, -0.15) is 0 Å². The summed E-state index contributed by atoms with van der Waals surface area (Å²) in [5.74, 6) is 3.88. The van der Waals surface area contributed by atoms with Crippen molar-refractivity contribution in [1.82, 2.24) is 0 Å². The van der Waals surface area contributed by atoms with Gasteiger partial charge in [-0.15, -0.1) is 0 Å². The highest BCUT2D eigenvalue weighted by Gasteiger charge is 2.57. The maximum absolute atomic E-state index is 10.6. The van der Waals surface area contributed by atoms with Gasteiger partial charge in [-0.25, -0.2) is 0 Å². The summed E-state index contributed by atoms with van der Waals surface area (Å²) in [5, 5.41) is 20.6. The minimum Gasteiger partial charge on any atom is -0.393 e. The Labute approximate surface area is 135 Å². The zero-order valence-corrected chi connectivity index (χ0v) is 14.2. The van der Waals surface area contributed by atoms with E-state index in [0.717, 1.165) is 42.4 Å². The van der Waals surface area contributed by atoms with Gasteiger partial charge in [-0.05, 0) is 80.0 Å². The van der Waals surface area contributed by atoms with Crippen molar-refractivity contribution in [2.24, 2.45) is 35.0 Å². The number of rotatable bonds is 1. The molecule has 124 valence electrons. The average Bonchev–Trinajstić information content (AvgIpc) is 2.81. The molecule has 0 aromatic carbocycles. The Kier molecular flexibility index (Phi) is 3.69. The van der Waals surface area contributed by atoms with E-state index in [0.29, 0.717) is 0 Å².